The van der Waals surface area contributed by atoms with Gasteiger partial charge in [-0.3, -0.25) is 9.69 Å². The van der Waals surface area contributed by atoms with Gasteiger partial charge in [0, 0.05) is 30.4 Å². The molecule has 0 aromatic heterocycles. The summed E-state index contributed by atoms with van der Waals surface area (Å²) >= 11 is 0. The second-order valence-corrected chi connectivity index (χ2v) is 8.19. The Labute approximate surface area is 188 Å². The predicted molar refractivity (Wildman–Crippen MR) is 121 cm³/mol. The van der Waals surface area contributed by atoms with Crippen molar-refractivity contribution in [2.24, 2.45) is 0 Å². The van der Waals surface area contributed by atoms with Crippen molar-refractivity contribution in [3.8, 4) is 11.5 Å². The van der Waals surface area contributed by atoms with Crippen LogP contribution in [0.1, 0.15) is 28.3 Å². The van der Waals surface area contributed by atoms with Crippen molar-refractivity contribution >= 4 is 17.7 Å². The number of morpholine rings is 1. The molecule has 0 N–H and O–H groups in total. The number of carbonyl (C=O) groups excluding carboxylic acids is 2. The van der Waals surface area contributed by atoms with E-state index in [1.54, 1.807) is 16.9 Å². The first-order valence-electron chi connectivity index (χ1n) is 10.6. The summed E-state index contributed by atoms with van der Waals surface area (Å²) in [7, 11) is 1.62. The van der Waals surface area contributed by atoms with Gasteiger partial charge in [-0.05, 0) is 55.2 Å². The molecular formula is C25H28N2O5. The van der Waals surface area contributed by atoms with Crippen molar-refractivity contribution in [1.29, 1.82) is 0 Å². The number of nitrogens with zero attached hydrogens (tertiary/aromatic N) is 2. The summed E-state index contributed by atoms with van der Waals surface area (Å²) in [6.07, 6.45) is -0.396. The fourth-order valence-corrected chi connectivity index (χ4v) is 4.06. The van der Waals surface area contributed by atoms with Gasteiger partial charge in [-0.2, -0.15) is 0 Å². The number of β-lactam (4-membered cyclic amide) rings is 1. The van der Waals surface area contributed by atoms with Gasteiger partial charge in [0.15, 0.2) is 0 Å². The third kappa shape index (κ3) is 3.84. The topological polar surface area (TPSA) is 68.3 Å². The van der Waals surface area contributed by atoms with Crippen molar-refractivity contribution in [3.05, 3.63) is 64.7 Å². The van der Waals surface area contributed by atoms with Crippen LogP contribution < -0.4 is 14.4 Å². The molecule has 2 heterocycles. The lowest BCUT2D eigenvalue weighted by molar-refractivity contribution is -0.119. The van der Waals surface area contributed by atoms with E-state index in [-0.39, 0.29) is 11.9 Å². The second kappa shape index (κ2) is 8.67. The summed E-state index contributed by atoms with van der Waals surface area (Å²) in [6, 6.07) is 9.16. The quantitative estimate of drug-likeness (QED) is 0.533. The summed E-state index contributed by atoms with van der Waals surface area (Å²) in [5.74, 6) is 1.07. The Morgan fingerprint density at radius 1 is 1.06 bits per heavy atom. The van der Waals surface area contributed by atoms with E-state index in [4.69, 9.17) is 14.2 Å². The van der Waals surface area contributed by atoms with Crippen LogP contribution in [0.5, 0.6) is 11.5 Å². The fraction of sp³-hybridized carbons (Fsp3) is 0.360. The molecule has 2 aromatic rings. The van der Waals surface area contributed by atoms with Crippen molar-refractivity contribution in [1.82, 2.24) is 4.90 Å². The first-order chi connectivity index (χ1) is 15.3. The molecule has 0 spiro atoms. The summed E-state index contributed by atoms with van der Waals surface area (Å²) in [5.41, 5.74) is 4.99. The molecule has 2 aliphatic rings. The van der Waals surface area contributed by atoms with Gasteiger partial charge in [-0.1, -0.05) is 18.7 Å². The molecule has 2 amide bonds. The van der Waals surface area contributed by atoms with Crippen LogP contribution in [0.15, 0.2) is 42.5 Å². The molecule has 0 aliphatic carbocycles. The van der Waals surface area contributed by atoms with Gasteiger partial charge in [0.05, 0.1) is 26.4 Å². The monoisotopic (exact) mass is 436 g/mol. The van der Waals surface area contributed by atoms with E-state index in [9.17, 15) is 9.59 Å². The number of ether oxygens (including phenoxy) is 3. The molecule has 2 aliphatic heterocycles. The van der Waals surface area contributed by atoms with Crippen LogP contribution in [0.25, 0.3) is 0 Å². The molecule has 168 valence electrons. The number of anilines is 1. The van der Waals surface area contributed by atoms with Crippen LogP contribution in [-0.2, 0) is 9.53 Å². The van der Waals surface area contributed by atoms with E-state index in [0.29, 0.717) is 37.6 Å². The third-order valence-corrected chi connectivity index (χ3v) is 6.18. The maximum Gasteiger partial charge on any atom is 0.415 e. The molecule has 2 aromatic carbocycles. The van der Waals surface area contributed by atoms with Gasteiger partial charge in [-0.15, -0.1) is 0 Å². The summed E-state index contributed by atoms with van der Waals surface area (Å²) in [6.45, 7) is 11.9. The van der Waals surface area contributed by atoms with E-state index < -0.39 is 6.09 Å². The highest BCUT2D eigenvalue weighted by atomic mass is 16.6. The van der Waals surface area contributed by atoms with Crippen LogP contribution in [-0.4, -0.2) is 50.3 Å². The highest BCUT2D eigenvalue weighted by Crippen LogP contribution is 2.45. The summed E-state index contributed by atoms with van der Waals surface area (Å²) in [5, 5.41) is 0. The Kier molecular flexibility index (Phi) is 5.93. The zero-order valence-corrected chi connectivity index (χ0v) is 18.9. The molecule has 1 atom stereocenters. The molecule has 32 heavy (non-hydrogen) atoms. The molecule has 0 bridgehead atoms. The Bertz CT molecular complexity index is 1090. The summed E-state index contributed by atoms with van der Waals surface area (Å²) < 4.78 is 16.5. The molecule has 7 nitrogen and oxygen atoms in total. The van der Waals surface area contributed by atoms with E-state index in [2.05, 4.69) is 6.58 Å². The number of methoxy groups -OCH3 is 1. The molecule has 0 unspecified atom stereocenters. The molecule has 0 radical (unpaired) electrons. The van der Waals surface area contributed by atoms with Crippen molar-refractivity contribution in [2.45, 2.75) is 26.8 Å². The third-order valence-electron chi connectivity index (χ3n) is 6.18. The Hall–Kier alpha value is -3.32. The maximum absolute atomic E-state index is 12.8. The van der Waals surface area contributed by atoms with E-state index in [1.807, 2.05) is 51.1 Å². The number of benzene rings is 2. The van der Waals surface area contributed by atoms with Crippen LogP contribution >= 0.6 is 0 Å². The average Bonchev–Trinajstić information content (AvgIpc) is 2.80. The van der Waals surface area contributed by atoms with Crippen LogP contribution in [0.3, 0.4) is 0 Å². The largest absolute Gasteiger partial charge is 0.496 e. The first-order valence-corrected chi connectivity index (χ1v) is 10.6. The van der Waals surface area contributed by atoms with Gasteiger partial charge in [0.1, 0.15) is 11.5 Å². The highest BCUT2D eigenvalue weighted by molar-refractivity contribution is 6.15. The molecule has 4 rings (SSSR count). The molecule has 2 fully saturated rings. The van der Waals surface area contributed by atoms with Crippen LogP contribution in [0.2, 0.25) is 0 Å². The number of carbonyl (C=O) groups is 2. The SMILES string of the molecule is C=C1C(=O)N(c2cc(C)c(C)c(OC)c2)[C@H]1c1ccc(C)c(OC(=O)N2CCOCC2)c1. The minimum Gasteiger partial charge on any atom is -0.496 e. The van der Waals surface area contributed by atoms with Gasteiger partial charge in [0.2, 0.25) is 0 Å². The molecule has 7 heteroatoms. The molecule has 0 saturated carbocycles. The zero-order valence-electron chi connectivity index (χ0n) is 18.9. The number of rotatable bonds is 4. The van der Waals surface area contributed by atoms with Crippen LogP contribution in [0, 0.1) is 20.8 Å². The number of hydrogen-bond donors (Lipinski definition) is 0. The standard InChI is InChI=1S/C25H28N2O5/c1-15-6-7-19(13-21(15)32-25(29)26-8-10-31-11-9-26)23-18(4)24(28)27(23)20-12-16(2)17(3)22(14-20)30-5/h6-7,12-14,23H,4,8-11H2,1-3,5H3/t23-/m1/s1. The smallest absolute Gasteiger partial charge is 0.415 e. The van der Waals surface area contributed by atoms with Crippen LogP contribution in [0.4, 0.5) is 10.5 Å². The van der Waals surface area contributed by atoms with E-state index >= 15 is 0 Å². The lowest BCUT2D eigenvalue weighted by Gasteiger charge is -2.43. The Balaban J connectivity index is 1.63. The minimum absolute atomic E-state index is 0.132. The minimum atomic E-state index is -0.396. The van der Waals surface area contributed by atoms with Crippen molar-refractivity contribution < 1.29 is 23.8 Å². The van der Waals surface area contributed by atoms with Crippen molar-refractivity contribution in [3.63, 3.8) is 0 Å². The van der Waals surface area contributed by atoms with Crippen molar-refractivity contribution in [2.75, 3.05) is 38.3 Å². The van der Waals surface area contributed by atoms with Gasteiger partial charge < -0.3 is 19.1 Å². The van der Waals surface area contributed by atoms with E-state index in [1.165, 1.54) is 0 Å². The van der Waals surface area contributed by atoms with Gasteiger partial charge in [0.25, 0.3) is 5.91 Å². The number of aryl methyl sites for hydroxylation is 2. The predicted octanol–water partition coefficient (Wildman–Crippen LogP) is 4.10. The Morgan fingerprint density at radius 3 is 2.47 bits per heavy atom. The lowest BCUT2D eigenvalue weighted by atomic mass is 9.87. The number of hydrogen-bond acceptors (Lipinski definition) is 5. The summed E-state index contributed by atoms with van der Waals surface area (Å²) in [4.78, 5) is 28.7. The average molecular weight is 437 g/mol. The van der Waals surface area contributed by atoms with E-state index in [0.717, 1.165) is 33.7 Å². The Morgan fingerprint density at radius 2 is 1.78 bits per heavy atom. The molecule has 2 saturated heterocycles. The van der Waals surface area contributed by atoms with Gasteiger partial charge >= 0.3 is 6.09 Å². The zero-order chi connectivity index (χ0) is 23.0. The van der Waals surface area contributed by atoms with Gasteiger partial charge in [-0.25, -0.2) is 4.79 Å². The second-order valence-electron chi connectivity index (χ2n) is 8.19. The maximum atomic E-state index is 12.8. The normalized spacial score (nSPS) is 18.4. The highest BCUT2D eigenvalue weighted by Gasteiger charge is 2.43. The first kappa shape index (κ1) is 21.9. The number of amides is 2. The molecular weight excluding hydrogens is 408 g/mol. The lowest BCUT2D eigenvalue weighted by Crippen LogP contribution is -2.49. The fourth-order valence-electron chi connectivity index (χ4n) is 4.06.